The minimum absolute atomic E-state index is 0.311. The Bertz CT molecular complexity index is 1080. The van der Waals surface area contributed by atoms with E-state index in [0.717, 1.165) is 22.0 Å². The second-order valence-corrected chi connectivity index (χ2v) is 14.5. The molecule has 3 rings (SSSR count). The van der Waals surface area contributed by atoms with E-state index in [1.54, 1.807) is 18.3 Å². The highest BCUT2D eigenvalue weighted by molar-refractivity contribution is 7.90. The number of aromatic nitrogens is 1. The number of hydrogen-bond donors (Lipinski definition) is 0. The van der Waals surface area contributed by atoms with Gasteiger partial charge in [-0.05, 0) is 36.8 Å². The molecule has 0 saturated heterocycles. The first-order valence-electron chi connectivity index (χ1n) is 9.98. The average molecular weight is 412 g/mol. The monoisotopic (exact) mass is 411 g/mol. The van der Waals surface area contributed by atoms with Gasteiger partial charge in [0.15, 0.2) is 0 Å². The van der Waals surface area contributed by atoms with Crippen LogP contribution in [0.5, 0.6) is 0 Å². The van der Waals surface area contributed by atoms with Crippen LogP contribution in [0.2, 0.25) is 18.1 Å². The molecular weight excluding hydrogens is 382 g/mol. The number of aryl methyl sites for hydroxylation is 1. The topological polar surface area (TPSA) is 39.1 Å². The number of benzene rings is 2. The zero-order valence-corrected chi connectivity index (χ0v) is 19.0. The third-order valence-corrected chi connectivity index (χ3v) is 12.8. The Hall–Kier alpha value is -2.11. The van der Waals surface area contributed by atoms with Crippen molar-refractivity contribution in [1.29, 1.82) is 0 Å². The summed E-state index contributed by atoms with van der Waals surface area (Å²) in [4.78, 5) is 0.311. The van der Waals surface area contributed by atoms with Crippen LogP contribution in [0.3, 0.4) is 0 Å². The van der Waals surface area contributed by atoms with Crippen LogP contribution in [0, 0.1) is 6.92 Å². The molecule has 0 radical (unpaired) electrons. The summed E-state index contributed by atoms with van der Waals surface area (Å²) in [7, 11) is -4.99. The van der Waals surface area contributed by atoms with Gasteiger partial charge in [-0.1, -0.05) is 80.5 Å². The van der Waals surface area contributed by atoms with Crippen molar-refractivity contribution in [2.24, 2.45) is 0 Å². The van der Waals surface area contributed by atoms with E-state index >= 15 is 0 Å². The fraction of sp³-hybridized carbons (Fsp3) is 0.304. The maximum Gasteiger partial charge on any atom is 0.268 e. The highest BCUT2D eigenvalue weighted by Gasteiger charge is 2.23. The lowest BCUT2D eigenvalue weighted by atomic mass is 10.1. The second-order valence-electron chi connectivity index (χ2n) is 7.47. The van der Waals surface area contributed by atoms with Crippen LogP contribution in [0.25, 0.3) is 17.0 Å². The second kappa shape index (κ2) is 8.09. The molecule has 0 amide bonds. The maximum absolute atomic E-state index is 13.1. The Balaban J connectivity index is 2.08. The minimum Gasteiger partial charge on any atom is -0.241 e. The fourth-order valence-corrected chi connectivity index (χ4v) is 7.80. The highest BCUT2D eigenvalue weighted by atomic mass is 32.2. The summed E-state index contributed by atoms with van der Waals surface area (Å²) in [5, 5.41) is 0.973. The van der Waals surface area contributed by atoms with Crippen LogP contribution in [-0.4, -0.2) is 20.5 Å². The van der Waals surface area contributed by atoms with E-state index < -0.39 is 18.1 Å². The van der Waals surface area contributed by atoms with Gasteiger partial charge < -0.3 is 0 Å². The summed E-state index contributed by atoms with van der Waals surface area (Å²) in [6.45, 7) is 8.81. The first-order valence-corrected chi connectivity index (χ1v) is 14.1. The molecule has 0 fully saturated rings. The summed E-state index contributed by atoms with van der Waals surface area (Å²) in [6.07, 6.45) is 3.88. The molecule has 0 aliphatic heterocycles. The molecule has 3 nitrogen and oxygen atoms in total. The molecule has 148 valence electrons. The van der Waals surface area contributed by atoms with Gasteiger partial charge in [0.1, 0.15) is 0 Å². The molecule has 0 aliphatic carbocycles. The van der Waals surface area contributed by atoms with E-state index in [9.17, 15) is 8.42 Å². The Morgan fingerprint density at radius 1 is 0.929 bits per heavy atom. The van der Waals surface area contributed by atoms with Crippen molar-refractivity contribution in [2.45, 2.75) is 50.7 Å². The first kappa shape index (κ1) is 20.6. The van der Waals surface area contributed by atoms with Gasteiger partial charge in [-0.15, -0.1) is 0 Å². The Kier molecular flexibility index (Phi) is 5.96. The first-order chi connectivity index (χ1) is 13.4. The molecule has 0 aliphatic rings. The number of rotatable bonds is 7. The molecule has 1 heterocycles. The molecular formula is C23H29NO2SSi. The third kappa shape index (κ3) is 3.73. The quantitative estimate of drug-likeness (QED) is 0.431. The lowest BCUT2D eigenvalue weighted by Crippen LogP contribution is -2.28. The van der Waals surface area contributed by atoms with Gasteiger partial charge in [0, 0.05) is 11.6 Å². The van der Waals surface area contributed by atoms with Crippen molar-refractivity contribution in [3.63, 3.8) is 0 Å². The Morgan fingerprint density at radius 3 is 2.18 bits per heavy atom. The van der Waals surface area contributed by atoms with Crippen LogP contribution in [-0.2, 0) is 10.0 Å². The summed E-state index contributed by atoms with van der Waals surface area (Å²) < 4.78 is 27.7. The molecule has 3 aromatic rings. The lowest BCUT2D eigenvalue weighted by Gasteiger charge is -2.23. The summed E-state index contributed by atoms with van der Waals surface area (Å²) in [5.41, 5.74) is 5.29. The molecule has 28 heavy (non-hydrogen) atoms. The van der Waals surface area contributed by atoms with Crippen LogP contribution >= 0.6 is 0 Å². The molecule has 0 saturated carbocycles. The summed E-state index contributed by atoms with van der Waals surface area (Å²) in [6, 6.07) is 18.5. The van der Waals surface area contributed by atoms with Crippen LogP contribution < -0.4 is 0 Å². The van der Waals surface area contributed by atoms with Gasteiger partial charge >= 0.3 is 0 Å². The largest absolute Gasteiger partial charge is 0.268 e. The third-order valence-electron chi connectivity index (χ3n) is 6.04. The van der Waals surface area contributed by atoms with Crippen LogP contribution in [0.1, 0.15) is 31.9 Å². The van der Waals surface area contributed by atoms with Crippen molar-refractivity contribution in [3.05, 3.63) is 71.6 Å². The molecule has 5 heteroatoms. The van der Waals surface area contributed by atoms with Crippen molar-refractivity contribution in [3.8, 4) is 0 Å². The molecule has 0 unspecified atom stereocenters. The zero-order valence-electron chi connectivity index (χ0n) is 17.1. The predicted molar refractivity (Wildman–Crippen MR) is 122 cm³/mol. The van der Waals surface area contributed by atoms with Crippen LogP contribution in [0.15, 0.2) is 65.3 Å². The normalized spacial score (nSPS) is 12.9. The van der Waals surface area contributed by atoms with Gasteiger partial charge in [0.25, 0.3) is 10.0 Å². The van der Waals surface area contributed by atoms with Gasteiger partial charge in [0.2, 0.25) is 0 Å². The lowest BCUT2D eigenvalue weighted by molar-refractivity contribution is 0.589. The van der Waals surface area contributed by atoms with E-state index in [0.29, 0.717) is 4.90 Å². The molecule has 0 spiro atoms. The maximum atomic E-state index is 13.1. The number of fused-ring (bicyclic) bond motifs is 1. The predicted octanol–water partition coefficient (Wildman–Crippen LogP) is 6.25. The Morgan fingerprint density at radius 2 is 1.57 bits per heavy atom. The molecule has 1 aromatic heterocycles. The standard InChI is InChI=1S/C23H29NO2SSi/c1-5-28(6-2,7-3)18-16-20-9-8-10-23-22(20)15-17-24(23)27(25,26)21-13-11-19(4)12-14-21/h8-18H,5-7H2,1-4H3/b18-16+. The van der Waals surface area contributed by atoms with Crippen molar-refractivity contribution in [1.82, 2.24) is 3.97 Å². The molecule has 0 atom stereocenters. The van der Waals surface area contributed by atoms with Crippen molar-refractivity contribution >= 4 is 35.1 Å². The summed E-state index contributed by atoms with van der Waals surface area (Å²) >= 11 is 0. The smallest absolute Gasteiger partial charge is 0.241 e. The van der Waals surface area contributed by atoms with E-state index in [-0.39, 0.29) is 0 Å². The number of nitrogens with zero attached hydrogens (tertiary/aromatic N) is 1. The van der Waals surface area contributed by atoms with E-state index in [1.165, 1.54) is 22.1 Å². The zero-order chi connectivity index (χ0) is 20.4. The van der Waals surface area contributed by atoms with Crippen LogP contribution in [0.4, 0.5) is 0 Å². The molecule has 0 bridgehead atoms. The molecule has 0 N–H and O–H groups in total. The van der Waals surface area contributed by atoms with Gasteiger partial charge in [-0.25, -0.2) is 12.4 Å². The van der Waals surface area contributed by atoms with Gasteiger partial charge in [-0.3, -0.25) is 0 Å². The average Bonchev–Trinajstić information content (AvgIpc) is 3.15. The van der Waals surface area contributed by atoms with E-state index in [4.69, 9.17) is 0 Å². The van der Waals surface area contributed by atoms with E-state index in [1.807, 2.05) is 37.3 Å². The van der Waals surface area contributed by atoms with Gasteiger partial charge in [-0.2, -0.15) is 0 Å². The van der Waals surface area contributed by atoms with E-state index in [2.05, 4.69) is 38.6 Å². The van der Waals surface area contributed by atoms with Crippen molar-refractivity contribution in [2.75, 3.05) is 0 Å². The highest BCUT2D eigenvalue weighted by Crippen LogP contribution is 2.28. The minimum atomic E-state index is -3.61. The fourth-order valence-electron chi connectivity index (χ4n) is 3.72. The van der Waals surface area contributed by atoms with Crippen molar-refractivity contribution < 1.29 is 8.42 Å². The SMILES string of the molecule is CC[Si](/C=C/c1cccc2c1ccn2S(=O)(=O)c1ccc(C)cc1)(CC)CC. The summed E-state index contributed by atoms with van der Waals surface area (Å²) in [5.74, 6) is 0. The Labute approximate surface area is 169 Å². The number of hydrogen-bond acceptors (Lipinski definition) is 2. The molecule has 2 aromatic carbocycles. The van der Waals surface area contributed by atoms with Gasteiger partial charge in [0.05, 0.1) is 18.5 Å².